The number of carbonyl (C=O) groups excluding carboxylic acids is 2. The molecule has 0 saturated carbocycles. The van der Waals surface area contributed by atoms with Gasteiger partial charge in [0, 0.05) is 28.8 Å². The van der Waals surface area contributed by atoms with Crippen LogP contribution in [0, 0.1) is 5.41 Å². The summed E-state index contributed by atoms with van der Waals surface area (Å²) in [6.07, 6.45) is 0.363. The zero-order chi connectivity index (χ0) is 19.4. The molecular formula is C20H22N4O3. The van der Waals surface area contributed by atoms with Gasteiger partial charge in [-0.1, -0.05) is 26.0 Å². The van der Waals surface area contributed by atoms with Crippen LogP contribution in [-0.4, -0.2) is 24.8 Å². The van der Waals surface area contributed by atoms with Gasteiger partial charge < -0.3 is 15.4 Å². The van der Waals surface area contributed by atoms with E-state index in [1.165, 1.54) is 0 Å². The maximum Gasteiger partial charge on any atom is 0.323 e. The molecule has 1 aliphatic heterocycles. The summed E-state index contributed by atoms with van der Waals surface area (Å²) in [4.78, 5) is 23.8. The fourth-order valence-electron chi connectivity index (χ4n) is 2.96. The zero-order valence-corrected chi connectivity index (χ0v) is 15.5. The quantitative estimate of drug-likeness (QED) is 0.772. The third-order valence-electron chi connectivity index (χ3n) is 4.28. The number of carbonyl (C=O) groups is 2. The van der Waals surface area contributed by atoms with Crippen molar-refractivity contribution in [3.05, 3.63) is 54.1 Å². The van der Waals surface area contributed by atoms with Gasteiger partial charge in [-0.05, 0) is 36.4 Å². The van der Waals surface area contributed by atoms with Crippen LogP contribution in [-0.2, 0) is 4.79 Å². The number of hydrogen-bond donors (Lipinski definition) is 3. The molecule has 0 bridgehead atoms. The summed E-state index contributed by atoms with van der Waals surface area (Å²) in [5.41, 5.74) is 5.06. The van der Waals surface area contributed by atoms with Gasteiger partial charge in [-0.2, -0.15) is 5.10 Å². The number of methoxy groups -OCH3 is 1. The average molecular weight is 366 g/mol. The molecule has 0 spiro atoms. The Morgan fingerprint density at radius 2 is 1.81 bits per heavy atom. The van der Waals surface area contributed by atoms with E-state index in [4.69, 9.17) is 4.74 Å². The summed E-state index contributed by atoms with van der Waals surface area (Å²) in [5, 5.41) is 9.80. The van der Waals surface area contributed by atoms with Gasteiger partial charge in [0.2, 0.25) is 5.91 Å². The van der Waals surface area contributed by atoms with Crippen LogP contribution in [0.15, 0.2) is 53.6 Å². The van der Waals surface area contributed by atoms with Gasteiger partial charge in [-0.15, -0.1) is 0 Å². The Morgan fingerprint density at radius 1 is 1.11 bits per heavy atom. The Balaban J connectivity index is 1.72. The molecular weight excluding hydrogens is 344 g/mol. The van der Waals surface area contributed by atoms with Crippen molar-refractivity contribution in [2.45, 2.75) is 20.3 Å². The summed E-state index contributed by atoms with van der Waals surface area (Å²) in [6, 6.07) is 14.1. The molecule has 0 radical (unpaired) electrons. The van der Waals surface area contributed by atoms with Gasteiger partial charge in [0.1, 0.15) is 5.75 Å². The molecule has 3 amide bonds. The van der Waals surface area contributed by atoms with Crippen molar-refractivity contribution in [2.24, 2.45) is 10.5 Å². The van der Waals surface area contributed by atoms with Crippen LogP contribution in [0.5, 0.6) is 5.75 Å². The first kappa shape index (κ1) is 18.4. The van der Waals surface area contributed by atoms with Crippen molar-refractivity contribution in [3.8, 4) is 5.75 Å². The van der Waals surface area contributed by atoms with E-state index in [9.17, 15) is 9.59 Å². The van der Waals surface area contributed by atoms with Crippen LogP contribution >= 0.6 is 0 Å². The summed E-state index contributed by atoms with van der Waals surface area (Å²) in [5.74, 6) is 0.619. The lowest BCUT2D eigenvalue weighted by atomic mass is 9.79. The highest BCUT2D eigenvalue weighted by Crippen LogP contribution is 2.30. The lowest BCUT2D eigenvalue weighted by Gasteiger charge is -2.29. The fraction of sp³-hybridized carbons (Fsp3) is 0.250. The van der Waals surface area contributed by atoms with E-state index in [1.807, 2.05) is 32.0 Å². The monoisotopic (exact) mass is 366 g/mol. The highest BCUT2D eigenvalue weighted by Gasteiger charge is 2.33. The molecule has 7 nitrogen and oxygen atoms in total. The van der Waals surface area contributed by atoms with Gasteiger partial charge in [0.25, 0.3) is 0 Å². The van der Waals surface area contributed by atoms with Crippen LogP contribution in [0.4, 0.5) is 16.2 Å². The standard InChI is InChI=1S/C20H22N4O3/c1-20(2)12-17(25)23-24-18(20)13-5-4-6-15(11-13)22-19(26)21-14-7-9-16(27-3)10-8-14/h4-11H,12H2,1-3H3,(H,23,25)(H2,21,22,26). The zero-order valence-electron chi connectivity index (χ0n) is 15.5. The molecule has 3 rings (SSSR count). The first-order chi connectivity index (χ1) is 12.9. The highest BCUT2D eigenvalue weighted by atomic mass is 16.5. The number of benzene rings is 2. The molecule has 3 N–H and O–H groups in total. The number of nitrogens with one attached hydrogen (secondary N) is 3. The average Bonchev–Trinajstić information content (AvgIpc) is 2.61. The van der Waals surface area contributed by atoms with Gasteiger partial charge in [-0.3, -0.25) is 4.79 Å². The minimum atomic E-state index is -0.383. The molecule has 7 heteroatoms. The highest BCUT2D eigenvalue weighted by molar-refractivity contribution is 6.09. The summed E-state index contributed by atoms with van der Waals surface area (Å²) < 4.78 is 5.10. The SMILES string of the molecule is COc1ccc(NC(=O)Nc2cccc(C3=NNC(=O)CC3(C)C)c2)cc1. The second-order valence-corrected chi connectivity index (χ2v) is 6.94. The molecule has 27 heavy (non-hydrogen) atoms. The predicted molar refractivity (Wildman–Crippen MR) is 105 cm³/mol. The van der Waals surface area contributed by atoms with Crippen molar-refractivity contribution < 1.29 is 14.3 Å². The molecule has 0 fully saturated rings. The number of hydrogen-bond acceptors (Lipinski definition) is 4. The second kappa shape index (κ2) is 7.49. The Morgan fingerprint density at radius 3 is 2.48 bits per heavy atom. The molecule has 0 unspecified atom stereocenters. The summed E-state index contributed by atoms with van der Waals surface area (Å²) in [7, 11) is 1.59. The maximum absolute atomic E-state index is 12.3. The molecule has 0 saturated heterocycles. The van der Waals surface area contributed by atoms with Gasteiger partial charge in [-0.25, -0.2) is 10.2 Å². The number of rotatable bonds is 4. The Labute approximate surface area is 157 Å². The molecule has 0 atom stereocenters. The molecule has 1 heterocycles. The van der Waals surface area contributed by atoms with E-state index in [-0.39, 0.29) is 17.4 Å². The molecule has 0 aliphatic carbocycles. The van der Waals surface area contributed by atoms with Crippen LogP contribution in [0.3, 0.4) is 0 Å². The van der Waals surface area contributed by atoms with Crippen LogP contribution in [0.2, 0.25) is 0 Å². The van der Waals surface area contributed by atoms with Crippen LogP contribution < -0.4 is 20.8 Å². The van der Waals surface area contributed by atoms with E-state index in [0.717, 1.165) is 17.0 Å². The third-order valence-corrected chi connectivity index (χ3v) is 4.28. The summed E-state index contributed by atoms with van der Waals surface area (Å²) >= 11 is 0. The second-order valence-electron chi connectivity index (χ2n) is 6.94. The van der Waals surface area contributed by atoms with Crippen molar-refractivity contribution >= 4 is 29.0 Å². The van der Waals surface area contributed by atoms with E-state index in [1.54, 1.807) is 37.4 Å². The lowest BCUT2D eigenvalue weighted by molar-refractivity contribution is -0.122. The lowest BCUT2D eigenvalue weighted by Crippen LogP contribution is -2.39. The maximum atomic E-state index is 12.3. The molecule has 1 aliphatic rings. The van der Waals surface area contributed by atoms with Gasteiger partial charge in [0.05, 0.1) is 12.8 Å². The minimum Gasteiger partial charge on any atom is -0.497 e. The number of ether oxygens (including phenoxy) is 1. The Bertz CT molecular complexity index is 888. The van der Waals surface area contributed by atoms with Gasteiger partial charge in [0.15, 0.2) is 0 Å². The summed E-state index contributed by atoms with van der Waals surface area (Å²) in [6.45, 7) is 3.95. The van der Waals surface area contributed by atoms with Crippen molar-refractivity contribution in [1.29, 1.82) is 0 Å². The Kier molecular flexibility index (Phi) is 5.12. The van der Waals surface area contributed by atoms with E-state index >= 15 is 0 Å². The van der Waals surface area contributed by atoms with Gasteiger partial charge >= 0.3 is 6.03 Å². The molecule has 2 aromatic rings. The number of hydrazone groups is 1. The first-order valence-electron chi connectivity index (χ1n) is 8.57. The van der Waals surface area contributed by atoms with Crippen molar-refractivity contribution in [3.63, 3.8) is 0 Å². The first-order valence-corrected chi connectivity index (χ1v) is 8.57. The number of anilines is 2. The van der Waals surface area contributed by atoms with E-state index < -0.39 is 0 Å². The largest absolute Gasteiger partial charge is 0.497 e. The number of urea groups is 1. The predicted octanol–water partition coefficient (Wildman–Crippen LogP) is 3.59. The normalized spacial score (nSPS) is 15.4. The minimum absolute atomic E-state index is 0.100. The fourth-order valence-corrected chi connectivity index (χ4v) is 2.96. The molecule has 0 aromatic heterocycles. The van der Waals surface area contributed by atoms with Crippen molar-refractivity contribution in [2.75, 3.05) is 17.7 Å². The van der Waals surface area contributed by atoms with Crippen molar-refractivity contribution in [1.82, 2.24) is 5.43 Å². The smallest absolute Gasteiger partial charge is 0.323 e. The topological polar surface area (TPSA) is 91.8 Å². The van der Waals surface area contributed by atoms with Crippen LogP contribution in [0.1, 0.15) is 25.8 Å². The van der Waals surface area contributed by atoms with E-state index in [2.05, 4.69) is 21.2 Å². The van der Waals surface area contributed by atoms with Crippen LogP contribution in [0.25, 0.3) is 0 Å². The Hall–Kier alpha value is -3.35. The number of nitrogens with zero attached hydrogens (tertiary/aromatic N) is 1. The third kappa shape index (κ3) is 4.44. The molecule has 2 aromatic carbocycles. The number of amides is 3. The van der Waals surface area contributed by atoms with E-state index in [0.29, 0.717) is 17.8 Å². The molecule has 140 valence electrons.